The number of aliphatic hydroxyl groups excluding tert-OH is 1. The summed E-state index contributed by atoms with van der Waals surface area (Å²) in [6.07, 6.45) is -2.03. The maximum Gasteiger partial charge on any atom is 0.136 e. The van der Waals surface area contributed by atoms with Crippen LogP contribution >= 0.6 is 11.8 Å². The molecule has 1 fully saturated rings. The number of ether oxygens (including phenoxy) is 3. The third kappa shape index (κ3) is 5.95. The first kappa shape index (κ1) is 24.0. The van der Waals surface area contributed by atoms with Crippen molar-refractivity contribution in [3.63, 3.8) is 0 Å². The monoisotopic (exact) mass is 486 g/mol. The van der Waals surface area contributed by atoms with Gasteiger partial charge >= 0.3 is 0 Å². The van der Waals surface area contributed by atoms with Crippen molar-refractivity contribution in [2.45, 2.75) is 54.9 Å². The molecule has 4 aromatic rings. The summed E-state index contributed by atoms with van der Waals surface area (Å²) < 4.78 is 19.0. The van der Waals surface area contributed by atoms with E-state index in [1.807, 2.05) is 79.7 Å². The molecule has 4 aromatic carbocycles. The molecule has 0 bridgehead atoms. The summed E-state index contributed by atoms with van der Waals surface area (Å²) in [6.45, 7) is 2.80. The van der Waals surface area contributed by atoms with Crippen LogP contribution in [0.3, 0.4) is 0 Å². The molecule has 1 heterocycles. The summed E-state index contributed by atoms with van der Waals surface area (Å²) in [5.41, 5.74) is 1.68. The highest BCUT2D eigenvalue weighted by Crippen LogP contribution is 2.36. The van der Waals surface area contributed by atoms with Crippen LogP contribution in [-0.2, 0) is 27.4 Å². The van der Waals surface area contributed by atoms with E-state index < -0.39 is 23.7 Å². The summed E-state index contributed by atoms with van der Waals surface area (Å²) in [6, 6.07) is 34.6. The second-order valence-corrected chi connectivity index (χ2v) is 10.0. The van der Waals surface area contributed by atoms with Gasteiger partial charge in [0.1, 0.15) is 23.7 Å². The predicted molar refractivity (Wildman–Crippen MR) is 140 cm³/mol. The smallest absolute Gasteiger partial charge is 0.136 e. The van der Waals surface area contributed by atoms with Crippen molar-refractivity contribution < 1.29 is 19.3 Å². The Kier molecular flexibility index (Phi) is 7.82. The summed E-state index contributed by atoms with van der Waals surface area (Å²) in [5, 5.41) is 13.7. The van der Waals surface area contributed by atoms with E-state index in [4.69, 9.17) is 14.2 Å². The number of aliphatic hydroxyl groups is 1. The van der Waals surface area contributed by atoms with Gasteiger partial charge in [0.2, 0.25) is 0 Å². The van der Waals surface area contributed by atoms with Gasteiger partial charge in [-0.1, -0.05) is 96.7 Å². The van der Waals surface area contributed by atoms with E-state index in [-0.39, 0.29) is 6.10 Å². The van der Waals surface area contributed by atoms with Crippen molar-refractivity contribution in [2.24, 2.45) is 0 Å². The third-order valence-electron chi connectivity index (χ3n) is 6.29. The van der Waals surface area contributed by atoms with Crippen molar-refractivity contribution in [3.05, 3.63) is 114 Å². The van der Waals surface area contributed by atoms with Gasteiger partial charge in [0.05, 0.1) is 19.3 Å². The van der Waals surface area contributed by atoms with Crippen LogP contribution in [0.15, 0.2) is 108 Å². The topological polar surface area (TPSA) is 47.9 Å². The van der Waals surface area contributed by atoms with Gasteiger partial charge in [-0.15, -0.1) is 0 Å². The minimum atomic E-state index is -0.849. The predicted octanol–water partition coefficient (Wildman–Crippen LogP) is 6.21. The van der Waals surface area contributed by atoms with E-state index in [2.05, 4.69) is 30.3 Å². The molecule has 0 radical (unpaired) electrons. The van der Waals surface area contributed by atoms with Crippen molar-refractivity contribution in [1.82, 2.24) is 0 Å². The molecule has 35 heavy (non-hydrogen) atoms. The molecule has 0 spiro atoms. The summed E-state index contributed by atoms with van der Waals surface area (Å²) in [4.78, 5) is 1.04. The fraction of sp³-hybridized carbons (Fsp3) is 0.267. The molecule has 0 aromatic heterocycles. The Morgan fingerprint density at radius 1 is 0.714 bits per heavy atom. The first-order chi connectivity index (χ1) is 17.2. The zero-order valence-electron chi connectivity index (χ0n) is 19.7. The van der Waals surface area contributed by atoms with Gasteiger partial charge < -0.3 is 19.3 Å². The van der Waals surface area contributed by atoms with Crippen molar-refractivity contribution in [1.29, 1.82) is 0 Å². The first-order valence-electron chi connectivity index (χ1n) is 12.0. The quantitative estimate of drug-likeness (QED) is 0.321. The summed E-state index contributed by atoms with van der Waals surface area (Å²) >= 11 is 1.51. The molecule has 1 saturated heterocycles. The van der Waals surface area contributed by atoms with Gasteiger partial charge in [0.15, 0.2) is 0 Å². The standard InChI is InChI=1S/C30H30O4S/c1-21-28(32-19-22-10-4-2-5-11-22)29(27(31)30(34-21)35-26-14-6-3-7-15-26)33-20-23-16-17-24-12-8-9-13-25(24)18-23/h2-18,21,27-31H,19-20H2,1H3/t21-,27+,28-,29-,30-/m0/s1. The van der Waals surface area contributed by atoms with Crippen molar-refractivity contribution in [2.75, 3.05) is 0 Å². The number of benzene rings is 4. The van der Waals surface area contributed by atoms with E-state index in [1.54, 1.807) is 0 Å². The third-order valence-corrected chi connectivity index (χ3v) is 7.45. The second-order valence-electron chi connectivity index (χ2n) is 8.85. The molecule has 1 N–H and O–H groups in total. The molecule has 5 heteroatoms. The lowest BCUT2D eigenvalue weighted by molar-refractivity contribution is -0.229. The van der Waals surface area contributed by atoms with Crippen molar-refractivity contribution >= 4 is 22.5 Å². The van der Waals surface area contributed by atoms with E-state index in [9.17, 15) is 5.11 Å². The Balaban J connectivity index is 1.34. The average Bonchev–Trinajstić information content (AvgIpc) is 2.90. The van der Waals surface area contributed by atoms with Crippen LogP contribution in [0.2, 0.25) is 0 Å². The highest BCUT2D eigenvalue weighted by Gasteiger charge is 2.45. The lowest BCUT2D eigenvalue weighted by atomic mass is 10.00. The van der Waals surface area contributed by atoms with Crippen LogP contribution in [0.5, 0.6) is 0 Å². The minimum Gasteiger partial charge on any atom is -0.387 e. The zero-order valence-corrected chi connectivity index (χ0v) is 20.5. The number of thioether (sulfide) groups is 1. The van der Waals surface area contributed by atoms with E-state index in [1.165, 1.54) is 22.5 Å². The highest BCUT2D eigenvalue weighted by molar-refractivity contribution is 7.99. The van der Waals surface area contributed by atoms with Crippen LogP contribution in [-0.4, -0.2) is 35.0 Å². The van der Waals surface area contributed by atoms with Crippen LogP contribution in [0, 0.1) is 0 Å². The van der Waals surface area contributed by atoms with E-state index in [0.717, 1.165) is 16.0 Å². The lowest BCUT2D eigenvalue weighted by Gasteiger charge is -2.43. The van der Waals surface area contributed by atoms with Crippen molar-refractivity contribution in [3.8, 4) is 0 Å². The lowest BCUT2D eigenvalue weighted by Crippen LogP contribution is -2.57. The summed E-state index contributed by atoms with van der Waals surface area (Å²) in [7, 11) is 0. The van der Waals surface area contributed by atoms with Gasteiger partial charge in [0.25, 0.3) is 0 Å². The number of fused-ring (bicyclic) bond motifs is 1. The maximum atomic E-state index is 11.4. The van der Waals surface area contributed by atoms with E-state index >= 15 is 0 Å². The Bertz CT molecular complexity index is 1220. The fourth-order valence-corrected chi connectivity index (χ4v) is 5.54. The largest absolute Gasteiger partial charge is 0.387 e. The minimum absolute atomic E-state index is 0.245. The van der Waals surface area contributed by atoms with Gasteiger partial charge in [-0.05, 0) is 47.0 Å². The Morgan fingerprint density at radius 3 is 2.11 bits per heavy atom. The molecule has 180 valence electrons. The highest BCUT2D eigenvalue weighted by atomic mass is 32.2. The van der Waals surface area contributed by atoms with Gasteiger partial charge in [-0.3, -0.25) is 0 Å². The zero-order chi connectivity index (χ0) is 24.0. The number of hydrogen-bond donors (Lipinski definition) is 1. The van der Waals surface area contributed by atoms with E-state index in [0.29, 0.717) is 13.2 Å². The first-order valence-corrected chi connectivity index (χ1v) is 12.9. The molecule has 0 unspecified atom stereocenters. The Morgan fingerprint density at radius 2 is 1.34 bits per heavy atom. The van der Waals surface area contributed by atoms with Crippen LogP contribution in [0.25, 0.3) is 10.8 Å². The molecule has 1 aliphatic rings. The van der Waals surface area contributed by atoms with Crippen LogP contribution in [0.4, 0.5) is 0 Å². The molecule has 5 atom stereocenters. The van der Waals surface area contributed by atoms with Crippen LogP contribution in [0.1, 0.15) is 18.1 Å². The SMILES string of the molecule is C[C@@H]1O[C@@H](Sc2ccccc2)[C@H](O)[C@H](OCc2ccc3ccccc3c2)[C@H]1OCc1ccccc1. The molecule has 5 rings (SSSR count). The average molecular weight is 487 g/mol. The normalized spacial score (nSPS) is 24.5. The molecule has 0 saturated carbocycles. The molecule has 0 aliphatic carbocycles. The van der Waals surface area contributed by atoms with Gasteiger partial charge in [-0.25, -0.2) is 0 Å². The van der Waals surface area contributed by atoms with Gasteiger partial charge in [-0.2, -0.15) is 0 Å². The van der Waals surface area contributed by atoms with Gasteiger partial charge in [0, 0.05) is 4.90 Å². The fourth-order valence-electron chi connectivity index (χ4n) is 4.43. The summed E-state index contributed by atoms with van der Waals surface area (Å²) in [5.74, 6) is 0. The van der Waals surface area contributed by atoms with Crippen LogP contribution < -0.4 is 0 Å². The molecule has 1 aliphatic heterocycles. The molecular weight excluding hydrogens is 456 g/mol. The molecular formula is C30H30O4S. The number of hydrogen-bond acceptors (Lipinski definition) is 5. The second kappa shape index (κ2) is 11.4. The Hall–Kier alpha value is -2.67. The maximum absolute atomic E-state index is 11.4. The Labute approximate surface area is 210 Å². The molecule has 0 amide bonds. The molecule has 4 nitrogen and oxygen atoms in total. The number of rotatable bonds is 8.